The molecular weight excluding hydrogens is 338 g/mol. The number of amides is 2. The molecule has 0 aromatic heterocycles. The van der Waals surface area contributed by atoms with E-state index in [0.717, 1.165) is 18.8 Å². The van der Waals surface area contributed by atoms with Gasteiger partial charge in [-0.1, -0.05) is 24.3 Å². The van der Waals surface area contributed by atoms with Crippen molar-refractivity contribution in [3.63, 3.8) is 0 Å². The minimum absolute atomic E-state index is 0. The second kappa shape index (κ2) is 8.65. The van der Waals surface area contributed by atoms with E-state index in [1.54, 1.807) is 36.2 Å². The summed E-state index contributed by atoms with van der Waals surface area (Å²) in [4.78, 5) is 26.5. The fourth-order valence-electron chi connectivity index (χ4n) is 2.59. The number of nitrogens with zero attached hydrogens (tertiary/aromatic N) is 1. The maximum absolute atomic E-state index is 12.6. The average molecular weight is 360 g/mol. The van der Waals surface area contributed by atoms with Gasteiger partial charge < -0.3 is 15.5 Å². The van der Waals surface area contributed by atoms with Crippen LogP contribution in [0.3, 0.4) is 0 Å². The van der Waals surface area contributed by atoms with Crippen molar-refractivity contribution in [1.82, 2.24) is 10.6 Å². The molecule has 0 saturated carbocycles. The minimum atomic E-state index is -0.140. The van der Waals surface area contributed by atoms with E-state index in [2.05, 4.69) is 10.6 Å². The van der Waals surface area contributed by atoms with Crippen molar-refractivity contribution in [1.29, 1.82) is 0 Å². The molecule has 0 radical (unpaired) electrons. The summed E-state index contributed by atoms with van der Waals surface area (Å²) >= 11 is 0. The van der Waals surface area contributed by atoms with Gasteiger partial charge in [-0.05, 0) is 30.3 Å². The van der Waals surface area contributed by atoms with Gasteiger partial charge in [0.15, 0.2) is 0 Å². The number of benzene rings is 2. The van der Waals surface area contributed by atoms with Crippen molar-refractivity contribution >= 4 is 29.9 Å². The Hall–Kier alpha value is -2.37. The molecule has 1 aliphatic heterocycles. The van der Waals surface area contributed by atoms with Crippen LogP contribution >= 0.6 is 12.4 Å². The molecule has 2 N–H and O–H groups in total. The van der Waals surface area contributed by atoms with E-state index in [1.807, 2.05) is 30.3 Å². The van der Waals surface area contributed by atoms with E-state index < -0.39 is 0 Å². The molecule has 132 valence electrons. The van der Waals surface area contributed by atoms with Crippen LogP contribution in [0.4, 0.5) is 5.69 Å². The van der Waals surface area contributed by atoms with Crippen LogP contribution in [0.15, 0.2) is 54.6 Å². The zero-order valence-corrected chi connectivity index (χ0v) is 14.9. The van der Waals surface area contributed by atoms with E-state index in [9.17, 15) is 9.59 Å². The second-order valence-corrected chi connectivity index (χ2v) is 6.01. The lowest BCUT2D eigenvalue weighted by molar-refractivity contribution is 0.0942. The molecule has 5 nitrogen and oxygen atoms in total. The molecule has 0 bridgehead atoms. The van der Waals surface area contributed by atoms with Crippen LogP contribution < -0.4 is 15.5 Å². The Morgan fingerprint density at radius 2 is 1.76 bits per heavy atom. The Balaban J connectivity index is 0.00000225. The van der Waals surface area contributed by atoms with Gasteiger partial charge in [0, 0.05) is 49.4 Å². The van der Waals surface area contributed by atoms with Crippen molar-refractivity contribution in [3.05, 3.63) is 65.7 Å². The average Bonchev–Trinajstić information content (AvgIpc) is 2.60. The standard InChI is InChI=1S/C19H21N3O2.ClH/c1-22(17-8-3-2-4-9-17)19(24)16-7-5-6-15(10-16)18(23)21-13-14-11-20-12-14;/h2-10,14,20H,11-13H2,1H3,(H,21,23);1H. The summed E-state index contributed by atoms with van der Waals surface area (Å²) in [7, 11) is 1.73. The molecule has 0 atom stereocenters. The van der Waals surface area contributed by atoms with Gasteiger partial charge in [-0.15, -0.1) is 12.4 Å². The highest BCUT2D eigenvalue weighted by Crippen LogP contribution is 2.16. The highest BCUT2D eigenvalue weighted by molar-refractivity contribution is 6.07. The second-order valence-electron chi connectivity index (χ2n) is 6.01. The van der Waals surface area contributed by atoms with E-state index >= 15 is 0 Å². The Bertz CT molecular complexity index is 732. The molecule has 2 aromatic carbocycles. The number of carbonyl (C=O) groups excluding carboxylic acids is 2. The molecule has 0 unspecified atom stereocenters. The lowest BCUT2D eigenvalue weighted by atomic mass is 10.0. The first kappa shape index (κ1) is 19.0. The van der Waals surface area contributed by atoms with Crippen molar-refractivity contribution < 1.29 is 9.59 Å². The topological polar surface area (TPSA) is 61.4 Å². The normalized spacial score (nSPS) is 13.3. The zero-order valence-electron chi connectivity index (χ0n) is 14.1. The first-order valence-electron chi connectivity index (χ1n) is 8.07. The van der Waals surface area contributed by atoms with Gasteiger partial charge in [0.2, 0.25) is 0 Å². The SMILES string of the molecule is CN(C(=O)c1cccc(C(=O)NCC2CNC2)c1)c1ccccc1.Cl. The molecule has 2 aromatic rings. The van der Waals surface area contributed by atoms with Crippen LogP contribution in [0.5, 0.6) is 0 Å². The van der Waals surface area contributed by atoms with Crippen molar-refractivity contribution in [2.45, 2.75) is 0 Å². The molecular formula is C19H22ClN3O2. The molecule has 25 heavy (non-hydrogen) atoms. The molecule has 1 fully saturated rings. The van der Waals surface area contributed by atoms with Crippen LogP contribution in [0, 0.1) is 5.92 Å². The maximum Gasteiger partial charge on any atom is 0.258 e. The van der Waals surface area contributed by atoms with Gasteiger partial charge in [-0.2, -0.15) is 0 Å². The Morgan fingerprint density at radius 3 is 2.40 bits per heavy atom. The molecule has 1 saturated heterocycles. The van der Waals surface area contributed by atoms with Crippen molar-refractivity contribution in [2.75, 3.05) is 31.6 Å². The number of para-hydroxylation sites is 1. The van der Waals surface area contributed by atoms with Crippen molar-refractivity contribution in [3.8, 4) is 0 Å². The maximum atomic E-state index is 12.6. The summed E-state index contributed by atoms with van der Waals surface area (Å²) in [6.45, 7) is 2.55. The van der Waals surface area contributed by atoms with Crippen LogP contribution in [-0.4, -0.2) is 38.5 Å². The summed E-state index contributed by atoms with van der Waals surface area (Å²) in [5.41, 5.74) is 1.82. The number of hydrogen-bond donors (Lipinski definition) is 2. The molecule has 6 heteroatoms. The lowest BCUT2D eigenvalue weighted by Gasteiger charge is -2.27. The van der Waals surface area contributed by atoms with Crippen LogP contribution in [0.2, 0.25) is 0 Å². The van der Waals surface area contributed by atoms with Crippen LogP contribution in [0.25, 0.3) is 0 Å². The van der Waals surface area contributed by atoms with Gasteiger partial charge in [0.1, 0.15) is 0 Å². The van der Waals surface area contributed by atoms with E-state index in [0.29, 0.717) is 23.6 Å². The number of nitrogens with one attached hydrogen (secondary N) is 2. The smallest absolute Gasteiger partial charge is 0.258 e. The molecule has 2 amide bonds. The van der Waals surface area contributed by atoms with Gasteiger partial charge >= 0.3 is 0 Å². The highest BCUT2D eigenvalue weighted by atomic mass is 35.5. The van der Waals surface area contributed by atoms with Crippen LogP contribution in [-0.2, 0) is 0 Å². The molecule has 0 aliphatic carbocycles. The summed E-state index contributed by atoms with van der Waals surface area (Å²) in [6.07, 6.45) is 0. The lowest BCUT2D eigenvalue weighted by Crippen LogP contribution is -2.48. The third-order valence-electron chi connectivity index (χ3n) is 4.24. The first-order chi connectivity index (χ1) is 11.6. The Kier molecular flexibility index (Phi) is 6.56. The Labute approximate surface area is 153 Å². The van der Waals surface area contributed by atoms with Gasteiger partial charge in [-0.3, -0.25) is 9.59 Å². The van der Waals surface area contributed by atoms with Crippen molar-refractivity contribution in [2.24, 2.45) is 5.92 Å². The summed E-state index contributed by atoms with van der Waals surface area (Å²) in [5.74, 6) is 0.223. The number of halogens is 1. The van der Waals surface area contributed by atoms with E-state index in [1.165, 1.54) is 0 Å². The minimum Gasteiger partial charge on any atom is -0.352 e. The van der Waals surface area contributed by atoms with Gasteiger partial charge in [0.25, 0.3) is 11.8 Å². The van der Waals surface area contributed by atoms with Gasteiger partial charge in [-0.25, -0.2) is 0 Å². The molecule has 0 spiro atoms. The third kappa shape index (κ3) is 4.59. The third-order valence-corrected chi connectivity index (χ3v) is 4.24. The van der Waals surface area contributed by atoms with E-state index in [-0.39, 0.29) is 24.2 Å². The van der Waals surface area contributed by atoms with Crippen LogP contribution in [0.1, 0.15) is 20.7 Å². The monoisotopic (exact) mass is 359 g/mol. The molecule has 3 rings (SSSR count). The predicted molar refractivity (Wildman–Crippen MR) is 102 cm³/mol. The predicted octanol–water partition coefficient (Wildman–Crippen LogP) is 2.33. The van der Waals surface area contributed by atoms with E-state index in [4.69, 9.17) is 0 Å². The number of anilines is 1. The summed E-state index contributed by atoms with van der Waals surface area (Å²) < 4.78 is 0. The molecule has 1 heterocycles. The highest BCUT2D eigenvalue weighted by Gasteiger charge is 2.19. The van der Waals surface area contributed by atoms with Gasteiger partial charge in [0.05, 0.1) is 0 Å². The quantitative estimate of drug-likeness (QED) is 0.861. The fourth-order valence-corrected chi connectivity index (χ4v) is 2.59. The Morgan fingerprint density at radius 1 is 1.08 bits per heavy atom. The number of rotatable bonds is 5. The number of carbonyl (C=O) groups is 2. The summed E-state index contributed by atoms with van der Waals surface area (Å²) in [5, 5.41) is 6.10. The largest absolute Gasteiger partial charge is 0.352 e. The molecule has 1 aliphatic rings. The number of hydrogen-bond acceptors (Lipinski definition) is 3. The summed E-state index contributed by atoms with van der Waals surface area (Å²) in [6, 6.07) is 16.3. The first-order valence-corrected chi connectivity index (χ1v) is 8.07. The fraction of sp³-hybridized carbons (Fsp3) is 0.263. The zero-order chi connectivity index (χ0) is 16.9.